The molecule has 0 aliphatic heterocycles. The zero-order valence-electron chi connectivity index (χ0n) is 7.95. The van der Waals surface area contributed by atoms with Crippen molar-refractivity contribution in [1.82, 2.24) is 4.98 Å². The van der Waals surface area contributed by atoms with E-state index in [2.05, 4.69) is 4.98 Å². The summed E-state index contributed by atoms with van der Waals surface area (Å²) in [6.07, 6.45) is 0.856. The van der Waals surface area contributed by atoms with Crippen LogP contribution in [-0.4, -0.2) is 11.3 Å². The molecule has 2 nitrogen and oxygen atoms in total. The van der Waals surface area contributed by atoms with Crippen LogP contribution in [-0.2, 0) is 0 Å². The van der Waals surface area contributed by atoms with E-state index in [9.17, 15) is 4.79 Å². The summed E-state index contributed by atoms with van der Waals surface area (Å²) in [5.74, 6) is 0. The minimum atomic E-state index is 0.647. The molecule has 0 spiro atoms. The maximum atomic E-state index is 10.8. The summed E-state index contributed by atoms with van der Waals surface area (Å²) in [4.78, 5) is 13.8. The first kappa shape index (κ1) is 8.75. The molecule has 0 aliphatic rings. The second-order valence-corrected chi connectivity index (χ2v) is 3.26. The fourth-order valence-corrected chi connectivity index (χ4v) is 1.56. The number of rotatable bonds is 2. The average molecular weight is 185 g/mol. The first-order valence-corrected chi connectivity index (χ1v) is 4.51. The van der Waals surface area contributed by atoms with Crippen LogP contribution in [0.25, 0.3) is 11.1 Å². The summed E-state index contributed by atoms with van der Waals surface area (Å²) < 4.78 is 0. The van der Waals surface area contributed by atoms with Gasteiger partial charge in [0, 0.05) is 11.3 Å². The zero-order chi connectivity index (χ0) is 9.97. The highest BCUT2D eigenvalue weighted by atomic mass is 16.1. The van der Waals surface area contributed by atoms with Crippen LogP contribution in [0.5, 0.6) is 0 Å². The van der Waals surface area contributed by atoms with Crippen molar-refractivity contribution in [2.75, 3.05) is 0 Å². The van der Waals surface area contributed by atoms with Gasteiger partial charge < -0.3 is 4.98 Å². The fourth-order valence-electron chi connectivity index (χ4n) is 1.56. The molecule has 0 unspecified atom stereocenters. The molecule has 2 heteroatoms. The number of carbonyl (C=O) groups excluding carboxylic acids is 1. The van der Waals surface area contributed by atoms with Crippen LogP contribution in [0.1, 0.15) is 16.2 Å². The van der Waals surface area contributed by atoms with Gasteiger partial charge >= 0.3 is 0 Å². The number of aldehydes is 1. The molecule has 0 atom stereocenters. The van der Waals surface area contributed by atoms with Gasteiger partial charge in [-0.15, -0.1) is 0 Å². The Balaban J connectivity index is 2.56. The van der Waals surface area contributed by atoms with Gasteiger partial charge in [-0.1, -0.05) is 30.3 Å². The SMILES string of the molecule is Cc1cc(-c2ccccc2)c(C=O)[nH]1. The molecule has 14 heavy (non-hydrogen) atoms. The molecule has 1 N–H and O–H groups in total. The summed E-state index contributed by atoms with van der Waals surface area (Å²) in [6.45, 7) is 1.94. The van der Waals surface area contributed by atoms with Gasteiger partial charge in [0.15, 0.2) is 6.29 Å². The molecular weight excluding hydrogens is 174 g/mol. The second kappa shape index (κ2) is 3.50. The number of benzene rings is 1. The van der Waals surface area contributed by atoms with Gasteiger partial charge in [-0.2, -0.15) is 0 Å². The largest absolute Gasteiger partial charge is 0.356 e. The van der Waals surface area contributed by atoms with E-state index in [4.69, 9.17) is 0 Å². The maximum absolute atomic E-state index is 10.8. The summed E-state index contributed by atoms with van der Waals surface area (Å²) in [6, 6.07) is 11.9. The first-order chi connectivity index (χ1) is 6.81. The summed E-state index contributed by atoms with van der Waals surface area (Å²) in [5.41, 5.74) is 3.69. The highest BCUT2D eigenvalue weighted by molar-refractivity contribution is 5.86. The van der Waals surface area contributed by atoms with Gasteiger partial charge in [-0.25, -0.2) is 0 Å². The molecule has 0 aliphatic carbocycles. The van der Waals surface area contributed by atoms with Crippen LogP contribution in [0.3, 0.4) is 0 Å². The highest BCUT2D eigenvalue weighted by Gasteiger charge is 2.06. The number of hydrogen-bond acceptors (Lipinski definition) is 1. The Kier molecular flexibility index (Phi) is 2.19. The average Bonchev–Trinajstić information content (AvgIpc) is 2.61. The molecule has 1 aromatic carbocycles. The standard InChI is InChI=1S/C12H11NO/c1-9-7-11(12(8-14)13-9)10-5-3-2-4-6-10/h2-8,13H,1H3. The number of carbonyl (C=O) groups is 1. The Morgan fingerprint density at radius 3 is 2.57 bits per heavy atom. The van der Waals surface area contributed by atoms with Crippen molar-refractivity contribution in [1.29, 1.82) is 0 Å². The van der Waals surface area contributed by atoms with Crippen LogP contribution in [0.4, 0.5) is 0 Å². The molecule has 1 heterocycles. The van der Waals surface area contributed by atoms with E-state index < -0.39 is 0 Å². The van der Waals surface area contributed by atoms with E-state index in [1.807, 2.05) is 43.3 Å². The van der Waals surface area contributed by atoms with E-state index in [0.29, 0.717) is 5.69 Å². The first-order valence-electron chi connectivity index (χ1n) is 4.51. The van der Waals surface area contributed by atoms with E-state index in [-0.39, 0.29) is 0 Å². The van der Waals surface area contributed by atoms with Crippen molar-refractivity contribution in [2.24, 2.45) is 0 Å². The van der Waals surface area contributed by atoms with Gasteiger partial charge in [-0.3, -0.25) is 4.79 Å². The molecule has 2 aromatic rings. The number of nitrogens with one attached hydrogen (secondary N) is 1. The lowest BCUT2D eigenvalue weighted by molar-refractivity contribution is 0.112. The van der Waals surface area contributed by atoms with Crippen molar-refractivity contribution >= 4 is 6.29 Å². The lowest BCUT2D eigenvalue weighted by Gasteiger charge is -1.97. The minimum Gasteiger partial charge on any atom is -0.356 e. The third-order valence-electron chi connectivity index (χ3n) is 2.19. The van der Waals surface area contributed by atoms with Crippen LogP contribution < -0.4 is 0 Å². The lowest BCUT2D eigenvalue weighted by atomic mass is 10.1. The van der Waals surface area contributed by atoms with Gasteiger partial charge in [0.05, 0.1) is 5.69 Å². The molecule has 2 rings (SSSR count). The third-order valence-corrected chi connectivity index (χ3v) is 2.19. The normalized spacial score (nSPS) is 10.1. The Bertz CT molecular complexity index is 443. The van der Waals surface area contributed by atoms with E-state index in [1.165, 1.54) is 0 Å². The summed E-state index contributed by atoms with van der Waals surface area (Å²) in [5, 5.41) is 0. The molecule has 0 radical (unpaired) electrons. The van der Waals surface area contributed by atoms with Gasteiger partial charge in [0.25, 0.3) is 0 Å². The Morgan fingerprint density at radius 2 is 1.93 bits per heavy atom. The van der Waals surface area contributed by atoms with Gasteiger partial charge in [-0.05, 0) is 18.6 Å². The van der Waals surface area contributed by atoms with Crippen molar-refractivity contribution in [3.8, 4) is 11.1 Å². The molecule has 0 saturated heterocycles. The Labute approximate surface area is 82.6 Å². The van der Waals surface area contributed by atoms with Gasteiger partial charge in [0.2, 0.25) is 0 Å². The highest BCUT2D eigenvalue weighted by Crippen LogP contribution is 2.23. The minimum absolute atomic E-state index is 0.647. The predicted molar refractivity (Wildman–Crippen MR) is 56.4 cm³/mol. The topological polar surface area (TPSA) is 32.9 Å². The number of aromatic amines is 1. The molecule has 0 saturated carbocycles. The quantitative estimate of drug-likeness (QED) is 0.717. The van der Waals surface area contributed by atoms with Crippen LogP contribution >= 0.6 is 0 Å². The zero-order valence-corrected chi connectivity index (χ0v) is 7.95. The van der Waals surface area contributed by atoms with E-state index in [1.54, 1.807) is 0 Å². The smallest absolute Gasteiger partial charge is 0.166 e. The predicted octanol–water partition coefficient (Wildman–Crippen LogP) is 2.80. The van der Waals surface area contributed by atoms with Gasteiger partial charge in [0.1, 0.15) is 0 Å². The number of aromatic nitrogens is 1. The molecule has 0 amide bonds. The lowest BCUT2D eigenvalue weighted by Crippen LogP contribution is -1.83. The van der Waals surface area contributed by atoms with Crippen LogP contribution in [0.15, 0.2) is 36.4 Å². The monoisotopic (exact) mass is 185 g/mol. The molecule has 70 valence electrons. The summed E-state index contributed by atoms with van der Waals surface area (Å²) >= 11 is 0. The Morgan fingerprint density at radius 1 is 1.21 bits per heavy atom. The number of H-pyrrole nitrogens is 1. The van der Waals surface area contributed by atoms with Crippen molar-refractivity contribution in [3.05, 3.63) is 47.8 Å². The fraction of sp³-hybridized carbons (Fsp3) is 0.0833. The molecule has 0 fully saturated rings. The number of hydrogen-bond donors (Lipinski definition) is 1. The maximum Gasteiger partial charge on any atom is 0.166 e. The van der Waals surface area contributed by atoms with Crippen molar-refractivity contribution in [2.45, 2.75) is 6.92 Å². The Hall–Kier alpha value is -1.83. The van der Waals surface area contributed by atoms with E-state index >= 15 is 0 Å². The number of aryl methyl sites for hydroxylation is 1. The molecular formula is C12H11NO. The summed E-state index contributed by atoms with van der Waals surface area (Å²) in [7, 11) is 0. The van der Waals surface area contributed by atoms with Crippen LogP contribution in [0.2, 0.25) is 0 Å². The van der Waals surface area contributed by atoms with Crippen molar-refractivity contribution in [3.63, 3.8) is 0 Å². The van der Waals surface area contributed by atoms with Crippen molar-refractivity contribution < 1.29 is 4.79 Å². The second-order valence-electron chi connectivity index (χ2n) is 3.26. The molecule has 1 aromatic heterocycles. The third kappa shape index (κ3) is 1.46. The molecule has 0 bridgehead atoms. The van der Waals surface area contributed by atoms with E-state index in [0.717, 1.165) is 23.1 Å². The van der Waals surface area contributed by atoms with Crippen LogP contribution in [0, 0.1) is 6.92 Å².